The molecule has 2 amide bonds. The van der Waals surface area contributed by atoms with Gasteiger partial charge >= 0.3 is 5.97 Å². The maximum atomic E-state index is 13.1. The summed E-state index contributed by atoms with van der Waals surface area (Å²) in [5, 5.41) is 12.2. The second-order valence-corrected chi connectivity index (χ2v) is 7.01. The third-order valence-corrected chi connectivity index (χ3v) is 5.32. The summed E-state index contributed by atoms with van der Waals surface area (Å²) in [4.78, 5) is 38.2. The molecule has 2 aliphatic rings. The van der Waals surface area contributed by atoms with E-state index >= 15 is 0 Å². The molecule has 1 heterocycles. The Balaban J connectivity index is 1.67. The van der Waals surface area contributed by atoms with E-state index in [0.717, 1.165) is 19.3 Å². The van der Waals surface area contributed by atoms with Crippen molar-refractivity contribution in [3.63, 3.8) is 0 Å². The van der Waals surface area contributed by atoms with Crippen molar-refractivity contribution in [2.24, 2.45) is 11.8 Å². The number of hydrogen-bond donors (Lipinski definition) is 2. The van der Waals surface area contributed by atoms with Crippen LogP contribution in [0.1, 0.15) is 38.5 Å². The van der Waals surface area contributed by atoms with Crippen molar-refractivity contribution >= 4 is 23.5 Å². The Bertz CT molecular complexity index is 691. The van der Waals surface area contributed by atoms with Crippen molar-refractivity contribution in [2.45, 2.75) is 44.6 Å². The molecule has 3 atom stereocenters. The molecule has 0 bridgehead atoms. The van der Waals surface area contributed by atoms with Crippen LogP contribution in [0.3, 0.4) is 0 Å². The molecule has 2 N–H and O–H groups in total. The molecular weight excluding hydrogens is 339 g/mol. The number of carbonyl (C=O) groups is 3. The minimum atomic E-state index is -0.900. The van der Waals surface area contributed by atoms with Crippen LogP contribution in [0, 0.1) is 17.7 Å². The molecule has 1 aliphatic carbocycles. The second-order valence-electron chi connectivity index (χ2n) is 7.01. The average molecular weight is 362 g/mol. The Labute approximate surface area is 151 Å². The van der Waals surface area contributed by atoms with Crippen LogP contribution in [-0.2, 0) is 14.4 Å². The first-order chi connectivity index (χ1) is 12.5. The summed E-state index contributed by atoms with van der Waals surface area (Å²) in [6.07, 6.45) is 4.19. The Morgan fingerprint density at radius 1 is 1.08 bits per heavy atom. The van der Waals surface area contributed by atoms with Crippen LogP contribution in [0.4, 0.5) is 10.1 Å². The largest absolute Gasteiger partial charge is 0.481 e. The summed E-state index contributed by atoms with van der Waals surface area (Å²) in [6.45, 7) is 0.385. The molecular formula is C19H23FN2O4. The lowest BCUT2D eigenvalue weighted by molar-refractivity contribution is -0.143. The first-order valence-electron chi connectivity index (χ1n) is 9.07. The van der Waals surface area contributed by atoms with Gasteiger partial charge < -0.3 is 15.3 Å². The molecule has 6 nitrogen and oxygen atoms in total. The molecule has 1 aliphatic heterocycles. The maximum absolute atomic E-state index is 13.1. The Kier molecular flexibility index (Phi) is 5.54. The van der Waals surface area contributed by atoms with E-state index in [9.17, 15) is 23.9 Å². The van der Waals surface area contributed by atoms with E-state index in [-0.39, 0.29) is 11.7 Å². The molecule has 1 saturated heterocycles. The molecule has 0 radical (unpaired) electrons. The van der Waals surface area contributed by atoms with Gasteiger partial charge in [-0.2, -0.15) is 0 Å². The van der Waals surface area contributed by atoms with Crippen molar-refractivity contribution in [2.75, 3.05) is 11.4 Å². The number of carboxylic acid groups (broad SMARTS) is 1. The summed E-state index contributed by atoms with van der Waals surface area (Å²) in [5.41, 5.74) is 0.560. The van der Waals surface area contributed by atoms with Crippen molar-refractivity contribution in [1.82, 2.24) is 5.32 Å². The maximum Gasteiger partial charge on any atom is 0.308 e. The fraction of sp³-hybridized carbons (Fsp3) is 0.526. The standard InChI is InChI=1S/C19H23FN2O4/c20-12-6-8-13(9-7-12)22-11-10-15(18(22)24)17(23)21-16-5-3-1-2-4-14(16)19(25)26/h6-9,14-16H,1-5,10-11H2,(H,21,23)(H,25,26)/t14-,15?,16+/m1/s1. The molecule has 7 heteroatoms. The highest BCUT2D eigenvalue weighted by atomic mass is 19.1. The van der Waals surface area contributed by atoms with Gasteiger partial charge in [0.2, 0.25) is 11.8 Å². The topological polar surface area (TPSA) is 86.7 Å². The van der Waals surface area contributed by atoms with Gasteiger partial charge in [-0.05, 0) is 43.5 Å². The predicted molar refractivity (Wildman–Crippen MR) is 93.0 cm³/mol. The number of carbonyl (C=O) groups excluding carboxylic acids is 2. The van der Waals surface area contributed by atoms with Gasteiger partial charge in [-0.3, -0.25) is 14.4 Å². The number of rotatable bonds is 4. The number of halogens is 1. The first-order valence-corrected chi connectivity index (χ1v) is 9.07. The van der Waals surface area contributed by atoms with Crippen LogP contribution >= 0.6 is 0 Å². The average Bonchev–Trinajstić information content (AvgIpc) is 2.84. The van der Waals surface area contributed by atoms with Gasteiger partial charge in [-0.25, -0.2) is 4.39 Å². The number of anilines is 1. The second kappa shape index (κ2) is 7.85. The predicted octanol–water partition coefficient (Wildman–Crippen LogP) is 2.33. The van der Waals surface area contributed by atoms with Crippen molar-refractivity contribution < 1.29 is 23.9 Å². The molecule has 26 heavy (non-hydrogen) atoms. The zero-order chi connectivity index (χ0) is 18.7. The number of nitrogens with one attached hydrogen (secondary N) is 1. The quantitative estimate of drug-likeness (QED) is 0.636. The zero-order valence-corrected chi connectivity index (χ0v) is 14.5. The first kappa shape index (κ1) is 18.4. The Morgan fingerprint density at radius 2 is 1.77 bits per heavy atom. The highest BCUT2D eigenvalue weighted by molar-refractivity contribution is 6.09. The van der Waals surface area contributed by atoms with Crippen LogP contribution in [0.2, 0.25) is 0 Å². The zero-order valence-electron chi connectivity index (χ0n) is 14.5. The molecule has 0 aromatic heterocycles. The molecule has 140 valence electrons. The van der Waals surface area contributed by atoms with Crippen LogP contribution in [0.25, 0.3) is 0 Å². The van der Waals surface area contributed by atoms with Crippen molar-refractivity contribution in [3.05, 3.63) is 30.1 Å². The van der Waals surface area contributed by atoms with Crippen molar-refractivity contribution in [1.29, 1.82) is 0 Å². The van der Waals surface area contributed by atoms with Crippen LogP contribution in [0.15, 0.2) is 24.3 Å². The molecule has 1 aromatic carbocycles. The summed E-state index contributed by atoms with van der Waals surface area (Å²) >= 11 is 0. The lowest BCUT2D eigenvalue weighted by atomic mass is 9.94. The smallest absolute Gasteiger partial charge is 0.308 e. The Morgan fingerprint density at radius 3 is 2.46 bits per heavy atom. The van der Waals surface area contributed by atoms with Crippen molar-refractivity contribution in [3.8, 4) is 0 Å². The monoisotopic (exact) mass is 362 g/mol. The molecule has 1 aromatic rings. The normalized spacial score (nSPS) is 26.4. The van der Waals surface area contributed by atoms with E-state index in [1.807, 2.05) is 0 Å². The van der Waals surface area contributed by atoms with E-state index in [1.54, 1.807) is 0 Å². The van der Waals surface area contributed by atoms with E-state index in [2.05, 4.69) is 5.32 Å². The number of amides is 2. The minimum absolute atomic E-state index is 0.324. The molecule has 0 spiro atoms. The van der Waals surface area contributed by atoms with Gasteiger partial charge in [0.15, 0.2) is 0 Å². The van der Waals surface area contributed by atoms with Gasteiger partial charge in [0.1, 0.15) is 11.7 Å². The highest BCUT2D eigenvalue weighted by Gasteiger charge is 2.40. The van der Waals surface area contributed by atoms with Gasteiger partial charge in [-0.15, -0.1) is 0 Å². The van der Waals surface area contributed by atoms with E-state index < -0.39 is 29.8 Å². The van der Waals surface area contributed by atoms with E-state index in [0.29, 0.717) is 31.5 Å². The van der Waals surface area contributed by atoms with Gasteiger partial charge in [0.05, 0.1) is 5.92 Å². The third kappa shape index (κ3) is 3.86. The minimum Gasteiger partial charge on any atom is -0.481 e. The van der Waals surface area contributed by atoms with Crippen LogP contribution in [0.5, 0.6) is 0 Å². The van der Waals surface area contributed by atoms with E-state index in [1.165, 1.54) is 29.2 Å². The summed E-state index contributed by atoms with van der Waals surface area (Å²) in [5.74, 6) is -3.44. The number of benzene rings is 1. The fourth-order valence-corrected chi connectivity index (χ4v) is 3.86. The highest BCUT2D eigenvalue weighted by Crippen LogP contribution is 2.28. The Hall–Kier alpha value is -2.44. The summed E-state index contributed by atoms with van der Waals surface area (Å²) < 4.78 is 13.1. The van der Waals surface area contributed by atoms with Crippen LogP contribution in [-0.4, -0.2) is 35.5 Å². The number of aliphatic carboxylic acids is 1. The lowest BCUT2D eigenvalue weighted by Gasteiger charge is -2.24. The fourth-order valence-electron chi connectivity index (χ4n) is 3.86. The van der Waals surface area contributed by atoms with Crippen LogP contribution < -0.4 is 10.2 Å². The summed E-state index contributed by atoms with van der Waals surface area (Å²) in [6, 6.07) is 5.14. The van der Waals surface area contributed by atoms with E-state index in [4.69, 9.17) is 0 Å². The van der Waals surface area contributed by atoms with Gasteiger partial charge in [-0.1, -0.05) is 19.3 Å². The molecule has 1 saturated carbocycles. The lowest BCUT2D eigenvalue weighted by Crippen LogP contribution is -2.46. The summed E-state index contributed by atoms with van der Waals surface area (Å²) in [7, 11) is 0. The molecule has 3 rings (SSSR count). The molecule has 1 unspecified atom stereocenters. The third-order valence-electron chi connectivity index (χ3n) is 5.32. The SMILES string of the molecule is O=C(N[C@H]1CCCCC[C@H]1C(=O)O)C1CCN(c2ccc(F)cc2)C1=O. The number of hydrogen-bond acceptors (Lipinski definition) is 3. The van der Waals surface area contributed by atoms with Gasteiger partial charge in [0.25, 0.3) is 0 Å². The number of carboxylic acids is 1. The number of nitrogens with zero attached hydrogens (tertiary/aromatic N) is 1. The molecule has 2 fully saturated rings. The van der Waals surface area contributed by atoms with Gasteiger partial charge in [0, 0.05) is 18.3 Å².